The van der Waals surface area contributed by atoms with E-state index in [2.05, 4.69) is 20.6 Å². The molecule has 0 aliphatic heterocycles. The molecule has 0 unspecified atom stereocenters. The smallest absolute Gasteiger partial charge is 0.204 e. The largest absolute Gasteiger partial charge is 0.223 e. The van der Waals surface area contributed by atoms with Crippen molar-refractivity contribution in [3.8, 4) is 21.8 Å². The molecule has 1 N–H and O–H groups in total. The Kier molecular flexibility index (Phi) is 4.77. The van der Waals surface area contributed by atoms with Crippen LogP contribution in [0.25, 0.3) is 21.8 Å². The molecule has 0 spiro atoms. The Morgan fingerprint density at radius 3 is 2.67 bits per heavy atom. The van der Waals surface area contributed by atoms with Crippen LogP contribution in [0.15, 0.2) is 64.9 Å². The van der Waals surface area contributed by atoms with Crippen LogP contribution < -0.4 is 0 Å². The molecule has 0 bridgehead atoms. The van der Waals surface area contributed by atoms with E-state index in [1.54, 1.807) is 36.4 Å². The Bertz CT molecular complexity index is 1190. The molecule has 27 heavy (non-hydrogen) atoms. The summed E-state index contributed by atoms with van der Waals surface area (Å²) >= 11 is 7.43. The molecule has 2 heterocycles. The van der Waals surface area contributed by atoms with Gasteiger partial charge in [-0.1, -0.05) is 48.0 Å². The van der Waals surface area contributed by atoms with Gasteiger partial charge in [-0.05, 0) is 35.0 Å². The first-order valence-corrected chi connectivity index (χ1v) is 10.8. The van der Waals surface area contributed by atoms with E-state index in [1.165, 1.54) is 11.3 Å². The van der Waals surface area contributed by atoms with E-state index in [9.17, 15) is 8.42 Å². The number of halogens is 1. The van der Waals surface area contributed by atoms with Crippen molar-refractivity contribution < 1.29 is 8.42 Å². The average Bonchev–Trinajstić information content (AvgIpc) is 3.34. The van der Waals surface area contributed by atoms with E-state index in [0.29, 0.717) is 26.2 Å². The second-order valence-corrected chi connectivity index (χ2v) is 9.50. The van der Waals surface area contributed by atoms with Crippen LogP contribution in [0.1, 0.15) is 5.56 Å². The van der Waals surface area contributed by atoms with Gasteiger partial charge in [0.05, 0.1) is 5.75 Å². The fraction of sp³-hybridized carbons (Fsp3) is 0.0556. The molecular formula is C18H13ClN4O2S2. The first-order chi connectivity index (χ1) is 13.0. The lowest BCUT2D eigenvalue weighted by atomic mass is 10.1. The lowest BCUT2D eigenvalue weighted by molar-refractivity contribution is 0.597. The SMILES string of the molecule is O=S(=O)(Cc1cccc(-c2nn[nH]n2)c1)c1ccc(-c2ccccc2Cl)s1. The van der Waals surface area contributed by atoms with Gasteiger partial charge in [0.1, 0.15) is 4.21 Å². The topological polar surface area (TPSA) is 88.6 Å². The monoisotopic (exact) mass is 416 g/mol. The number of nitrogens with zero attached hydrogens (tertiary/aromatic N) is 3. The molecule has 2 aromatic heterocycles. The Morgan fingerprint density at radius 1 is 1.04 bits per heavy atom. The van der Waals surface area contributed by atoms with Crippen LogP contribution in [0.2, 0.25) is 5.02 Å². The highest BCUT2D eigenvalue weighted by Crippen LogP contribution is 2.36. The highest BCUT2D eigenvalue weighted by Gasteiger charge is 2.19. The van der Waals surface area contributed by atoms with E-state index in [-0.39, 0.29) is 5.75 Å². The van der Waals surface area contributed by atoms with Gasteiger partial charge in [-0.15, -0.1) is 21.5 Å². The zero-order valence-electron chi connectivity index (χ0n) is 13.8. The Hall–Kier alpha value is -2.55. The Morgan fingerprint density at radius 2 is 1.89 bits per heavy atom. The van der Waals surface area contributed by atoms with Crippen molar-refractivity contribution in [3.63, 3.8) is 0 Å². The molecule has 4 rings (SSSR count). The molecule has 0 atom stereocenters. The zero-order chi connectivity index (χ0) is 18.9. The molecule has 0 aliphatic carbocycles. The number of aromatic amines is 1. The van der Waals surface area contributed by atoms with Crippen molar-refractivity contribution in [1.82, 2.24) is 20.6 Å². The number of hydrogen-bond acceptors (Lipinski definition) is 6. The van der Waals surface area contributed by atoms with Crippen LogP contribution in [0.5, 0.6) is 0 Å². The number of H-pyrrole nitrogens is 1. The first-order valence-electron chi connectivity index (χ1n) is 7.93. The van der Waals surface area contributed by atoms with E-state index in [4.69, 9.17) is 11.6 Å². The van der Waals surface area contributed by atoms with E-state index < -0.39 is 9.84 Å². The quantitative estimate of drug-likeness (QED) is 0.526. The molecule has 0 saturated carbocycles. The molecule has 0 fully saturated rings. The van der Waals surface area contributed by atoms with Gasteiger partial charge in [0, 0.05) is 21.0 Å². The normalized spacial score (nSPS) is 11.6. The third kappa shape index (κ3) is 3.78. The van der Waals surface area contributed by atoms with Crippen molar-refractivity contribution in [3.05, 3.63) is 71.2 Å². The maximum absolute atomic E-state index is 12.9. The second-order valence-electron chi connectivity index (χ2n) is 5.79. The summed E-state index contributed by atoms with van der Waals surface area (Å²) in [7, 11) is -3.49. The standard InChI is InChI=1S/C18H13ClN4O2S2/c19-15-7-2-1-6-14(15)16-8-9-17(26-16)27(24,25)11-12-4-3-5-13(10-12)18-20-22-23-21-18/h1-10H,11H2,(H,20,21,22,23). The zero-order valence-corrected chi connectivity index (χ0v) is 16.2. The number of benzene rings is 2. The minimum Gasteiger partial charge on any atom is -0.223 e. The van der Waals surface area contributed by atoms with Crippen LogP contribution >= 0.6 is 22.9 Å². The molecule has 4 aromatic rings. The van der Waals surface area contributed by atoms with Crippen LogP contribution in [-0.4, -0.2) is 29.0 Å². The van der Waals surface area contributed by atoms with Crippen molar-refractivity contribution in [1.29, 1.82) is 0 Å². The third-order valence-corrected chi connectivity index (χ3v) is 7.63. The van der Waals surface area contributed by atoms with Gasteiger partial charge in [-0.3, -0.25) is 0 Å². The van der Waals surface area contributed by atoms with Crippen molar-refractivity contribution in [2.75, 3.05) is 0 Å². The van der Waals surface area contributed by atoms with Gasteiger partial charge >= 0.3 is 0 Å². The molecule has 0 amide bonds. The third-order valence-electron chi connectivity index (χ3n) is 3.91. The van der Waals surface area contributed by atoms with Gasteiger partial charge in [0.25, 0.3) is 0 Å². The van der Waals surface area contributed by atoms with Gasteiger partial charge in [0.2, 0.25) is 5.82 Å². The summed E-state index contributed by atoms with van der Waals surface area (Å²) in [6.07, 6.45) is 0. The Labute approximate surface area is 164 Å². The summed E-state index contributed by atoms with van der Waals surface area (Å²) in [6.45, 7) is 0. The summed E-state index contributed by atoms with van der Waals surface area (Å²) in [5, 5.41) is 14.3. The van der Waals surface area contributed by atoms with Crippen molar-refractivity contribution >= 4 is 32.8 Å². The highest BCUT2D eigenvalue weighted by molar-refractivity contribution is 7.92. The van der Waals surface area contributed by atoms with E-state index in [0.717, 1.165) is 10.4 Å². The fourth-order valence-corrected chi connectivity index (χ4v) is 5.73. The van der Waals surface area contributed by atoms with Crippen LogP contribution in [-0.2, 0) is 15.6 Å². The number of nitrogens with one attached hydrogen (secondary N) is 1. The average molecular weight is 417 g/mol. The number of hydrogen-bond donors (Lipinski definition) is 1. The van der Waals surface area contributed by atoms with Gasteiger partial charge in [0.15, 0.2) is 9.84 Å². The van der Waals surface area contributed by atoms with Crippen molar-refractivity contribution in [2.45, 2.75) is 9.96 Å². The summed E-state index contributed by atoms with van der Waals surface area (Å²) < 4.78 is 26.0. The molecule has 9 heteroatoms. The first kappa shape index (κ1) is 17.8. The van der Waals surface area contributed by atoms with Crippen LogP contribution in [0.3, 0.4) is 0 Å². The van der Waals surface area contributed by atoms with E-state index in [1.807, 2.05) is 24.3 Å². The fourth-order valence-electron chi connectivity index (χ4n) is 2.67. The summed E-state index contributed by atoms with van der Waals surface area (Å²) in [5.41, 5.74) is 2.19. The number of thiophene rings is 1. The predicted molar refractivity (Wildman–Crippen MR) is 105 cm³/mol. The second kappa shape index (κ2) is 7.22. The molecule has 6 nitrogen and oxygen atoms in total. The Balaban J connectivity index is 1.62. The number of sulfone groups is 1. The molecule has 136 valence electrons. The van der Waals surface area contributed by atoms with Crippen molar-refractivity contribution in [2.24, 2.45) is 0 Å². The molecule has 0 saturated heterocycles. The highest BCUT2D eigenvalue weighted by atomic mass is 35.5. The number of rotatable bonds is 5. The van der Waals surface area contributed by atoms with Crippen LogP contribution in [0, 0.1) is 0 Å². The maximum Gasteiger partial charge on any atom is 0.204 e. The maximum atomic E-state index is 12.9. The minimum atomic E-state index is -3.49. The van der Waals surface area contributed by atoms with Gasteiger partial charge in [-0.25, -0.2) is 8.42 Å². The molecular weight excluding hydrogens is 404 g/mol. The summed E-state index contributed by atoms with van der Waals surface area (Å²) in [5.74, 6) is 0.313. The molecule has 0 radical (unpaired) electrons. The lowest BCUT2D eigenvalue weighted by Crippen LogP contribution is -2.03. The van der Waals surface area contributed by atoms with Crippen LogP contribution in [0.4, 0.5) is 0 Å². The number of tetrazole rings is 1. The molecule has 0 aliphatic rings. The summed E-state index contributed by atoms with van der Waals surface area (Å²) in [6, 6.07) is 17.9. The minimum absolute atomic E-state index is 0.110. The predicted octanol–water partition coefficient (Wildman–Crippen LogP) is 4.22. The molecule has 2 aromatic carbocycles. The number of aromatic nitrogens is 4. The summed E-state index contributed by atoms with van der Waals surface area (Å²) in [4.78, 5) is 0.819. The lowest BCUT2D eigenvalue weighted by Gasteiger charge is -2.04. The van der Waals surface area contributed by atoms with Gasteiger partial charge < -0.3 is 0 Å². The van der Waals surface area contributed by atoms with Gasteiger partial charge in [-0.2, -0.15) is 5.21 Å². The van der Waals surface area contributed by atoms with E-state index >= 15 is 0 Å².